The van der Waals surface area contributed by atoms with Gasteiger partial charge in [-0.2, -0.15) is 0 Å². The lowest BCUT2D eigenvalue weighted by atomic mass is 10.1. The second-order valence-corrected chi connectivity index (χ2v) is 5.11. The van der Waals surface area contributed by atoms with Crippen LogP contribution in [0.4, 0.5) is 0 Å². The second kappa shape index (κ2) is 5.34. The predicted molar refractivity (Wildman–Crippen MR) is 73.7 cm³/mol. The van der Waals surface area contributed by atoms with Crippen LogP contribution in [0.15, 0.2) is 34.9 Å². The van der Waals surface area contributed by atoms with Crippen molar-refractivity contribution in [2.45, 2.75) is 6.04 Å². The van der Waals surface area contributed by atoms with E-state index in [2.05, 4.69) is 0 Å². The van der Waals surface area contributed by atoms with Gasteiger partial charge in [0.25, 0.3) is 5.91 Å². The molecule has 0 aliphatic carbocycles. The monoisotopic (exact) mass is 294 g/mol. The smallest absolute Gasteiger partial charge is 0.290 e. The summed E-state index contributed by atoms with van der Waals surface area (Å²) in [6.45, 7) is 1.55. The molecule has 0 bridgehead atoms. The van der Waals surface area contributed by atoms with Gasteiger partial charge >= 0.3 is 0 Å². The Bertz CT molecular complexity index is 619. The third-order valence-corrected chi connectivity index (χ3v) is 3.70. The third-order valence-electron chi connectivity index (χ3n) is 3.50. The number of nitrogens with zero attached hydrogens (tertiary/aromatic N) is 2. The number of hydrogen-bond acceptors (Lipinski definition) is 3. The van der Waals surface area contributed by atoms with E-state index in [1.54, 1.807) is 17.0 Å². The van der Waals surface area contributed by atoms with E-state index in [4.69, 9.17) is 20.8 Å². The highest BCUT2D eigenvalue weighted by Gasteiger charge is 2.32. The lowest BCUT2D eigenvalue weighted by Crippen LogP contribution is -2.43. The van der Waals surface area contributed by atoms with E-state index >= 15 is 0 Å². The summed E-state index contributed by atoms with van der Waals surface area (Å²) < 4.78 is 12.7. The molecular formula is C14H15ClN2O3. The molecule has 5 nitrogen and oxygen atoms in total. The van der Waals surface area contributed by atoms with Crippen LogP contribution in [0.5, 0.6) is 0 Å². The first-order valence-corrected chi connectivity index (χ1v) is 6.80. The highest BCUT2D eigenvalue weighted by molar-refractivity contribution is 6.29. The van der Waals surface area contributed by atoms with Gasteiger partial charge in [-0.05, 0) is 35.9 Å². The van der Waals surface area contributed by atoms with E-state index in [0.717, 1.165) is 5.69 Å². The lowest BCUT2D eigenvalue weighted by Gasteiger charge is -2.35. The number of ether oxygens (including phenoxy) is 1. The molecule has 2 aromatic rings. The maximum absolute atomic E-state index is 12.5. The topological polar surface area (TPSA) is 47.6 Å². The molecule has 1 fully saturated rings. The van der Waals surface area contributed by atoms with Gasteiger partial charge in [-0.1, -0.05) is 0 Å². The number of hydrogen-bond donors (Lipinski definition) is 0. The molecule has 3 rings (SSSR count). The van der Waals surface area contributed by atoms with Crippen molar-refractivity contribution in [3.8, 4) is 0 Å². The van der Waals surface area contributed by atoms with Crippen LogP contribution >= 0.6 is 11.6 Å². The molecule has 0 radical (unpaired) electrons. The summed E-state index contributed by atoms with van der Waals surface area (Å²) in [6.07, 6.45) is 1.95. The van der Waals surface area contributed by atoms with Crippen LogP contribution in [0.1, 0.15) is 22.3 Å². The largest absolute Gasteiger partial charge is 0.440 e. The van der Waals surface area contributed by atoms with Gasteiger partial charge in [0.15, 0.2) is 11.0 Å². The standard InChI is InChI=1S/C14H15ClN2O3/c1-16-6-2-3-10(16)11-9-19-8-7-17(11)14(18)12-4-5-13(15)20-12/h2-6,11H,7-9H2,1H3. The third kappa shape index (κ3) is 2.34. The molecule has 1 unspecified atom stereocenters. The van der Waals surface area contributed by atoms with Crippen LogP contribution in [0.2, 0.25) is 5.22 Å². The maximum atomic E-state index is 12.5. The molecule has 0 spiro atoms. The van der Waals surface area contributed by atoms with E-state index in [-0.39, 0.29) is 22.9 Å². The number of aryl methyl sites for hydroxylation is 1. The zero-order chi connectivity index (χ0) is 14.1. The number of rotatable bonds is 2. The number of halogens is 1. The van der Waals surface area contributed by atoms with E-state index in [1.807, 2.05) is 29.9 Å². The highest BCUT2D eigenvalue weighted by Crippen LogP contribution is 2.27. The van der Waals surface area contributed by atoms with Crippen LogP contribution < -0.4 is 0 Å². The van der Waals surface area contributed by atoms with Crippen LogP contribution in [-0.4, -0.2) is 35.1 Å². The summed E-state index contributed by atoms with van der Waals surface area (Å²) in [5.74, 6) is 0.0995. The number of carbonyl (C=O) groups is 1. The molecular weight excluding hydrogens is 280 g/mol. The van der Waals surface area contributed by atoms with Gasteiger partial charge in [0.1, 0.15) is 0 Å². The molecule has 1 saturated heterocycles. The molecule has 1 amide bonds. The number of aromatic nitrogens is 1. The Balaban J connectivity index is 1.89. The molecule has 20 heavy (non-hydrogen) atoms. The minimum atomic E-state index is -0.161. The van der Waals surface area contributed by atoms with Gasteiger partial charge in [-0.15, -0.1) is 0 Å². The van der Waals surface area contributed by atoms with Crippen molar-refractivity contribution < 1.29 is 13.9 Å². The fraction of sp³-hybridized carbons (Fsp3) is 0.357. The molecule has 6 heteroatoms. The van der Waals surface area contributed by atoms with E-state index in [9.17, 15) is 4.79 Å². The predicted octanol–water partition coefficient (Wildman–Crippen LogP) is 2.49. The van der Waals surface area contributed by atoms with E-state index < -0.39 is 0 Å². The molecule has 0 N–H and O–H groups in total. The molecule has 2 aromatic heterocycles. The SMILES string of the molecule is Cn1cccc1C1COCCN1C(=O)c1ccc(Cl)o1. The van der Waals surface area contributed by atoms with Gasteiger partial charge in [0, 0.05) is 25.5 Å². The summed E-state index contributed by atoms with van der Waals surface area (Å²) in [4.78, 5) is 14.3. The Kier molecular flexibility index (Phi) is 3.54. The summed E-state index contributed by atoms with van der Waals surface area (Å²) in [6, 6.07) is 7.01. The van der Waals surface area contributed by atoms with Gasteiger partial charge in [-0.25, -0.2) is 0 Å². The molecule has 1 atom stereocenters. The van der Waals surface area contributed by atoms with Crippen LogP contribution in [0.3, 0.4) is 0 Å². The van der Waals surface area contributed by atoms with Crippen molar-refractivity contribution in [3.05, 3.63) is 47.1 Å². The lowest BCUT2D eigenvalue weighted by molar-refractivity contribution is -0.00616. The van der Waals surface area contributed by atoms with Gasteiger partial charge in [-0.3, -0.25) is 4.79 Å². The minimum Gasteiger partial charge on any atom is -0.440 e. The highest BCUT2D eigenvalue weighted by atomic mass is 35.5. The first-order chi connectivity index (χ1) is 9.66. The average Bonchev–Trinajstić information content (AvgIpc) is 3.07. The van der Waals surface area contributed by atoms with Crippen molar-refractivity contribution in [1.29, 1.82) is 0 Å². The first kappa shape index (κ1) is 13.3. The quantitative estimate of drug-likeness (QED) is 0.855. The Morgan fingerprint density at radius 3 is 2.90 bits per heavy atom. The van der Waals surface area contributed by atoms with Crippen molar-refractivity contribution >= 4 is 17.5 Å². The first-order valence-electron chi connectivity index (χ1n) is 6.42. The number of morpholine rings is 1. The zero-order valence-electron chi connectivity index (χ0n) is 11.1. The summed E-state index contributed by atoms with van der Waals surface area (Å²) >= 11 is 5.74. The average molecular weight is 295 g/mol. The van der Waals surface area contributed by atoms with Gasteiger partial charge in [0.05, 0.1) is 19.3 Å². The summed E-state index contributed by atoms with van der Waals surface area (Å²) in [5.41, 5.74) is 1.04. The fourth-order valence-electron chi connectivity index (χ4n) is 2.48. The molecule has 1 aliphatic heterocycles. The van der Waals surface area contributed by atoms with Gasteiger partial charge < -0.3 is 18.6 Å². The Morgan fingerprint density at radius 1 is 1.40 bits per heavy atom. The minimum absolute atomic E-state index is 0.111. The second-order valence-electron chi connectivity index (χ2n) is 4.74. The van der Waals surface area contributed by atoms with Crippen molar-refractivity contribution in [2.75, 3.05) is 19.8 Å². The molecule has 106 valence electrons. The van der Waals surface area contributed by atoms with Crippen LogP contribution in [-0.2, 0) is 11.8 Å². The van der Waals surface area contributed by atoms with E-state index in [0.29, 0.717) is 19.8 Å². The Hall–Kier alpha value is -1.72. The summed E-state index contributed by atoms with van der Waals surface area (Å²) in [7, 11) is 1.95. The number of amides is 1. The van der Waals surface area contributed by atoms with E-state index in [1.165, 1.54) is 0 Å². The zero-order valence-corrected chi connectivity index (χ0v) is 11.8. The normalized spacial score (nSPS) is 19.3. The number of carbonyl (C=O) groups excluding carboxylic acids is 1. The molecule has 0 saturated carbocycles. The Morgan fingerprint density at radius 2 is 2.25 bits per heavy atom. The van der Waals surface area contributed by atoms with Crippen molar-refractivity contribution in [1.82, 2.24) is 9.47 Å². The van der Waals surface area contributed by atoms with Crippen LogP contribution in [0.25, 0.3) is 0 Å². The molecule has 3 heterocycles. The van der Waals surface area contributed by atoms with Crippen molar-refractivity contribution in [3.63, 3.8) is 0 Å². The van der Waals surface area contributed by atoms with Gasteiger partial charge in [0.2, 0.25) is 0 Å². The van der Waals surface area contributed by atoms with Crippen LogP contribution in [0, 0.1) is 0 Å². The van der Waals surface area contributed by atoms with Crippen molar-refractivity contribution in [2.24, 2.45) is 7.05 Å². The number of furan rings is 1. The molecule has 0 aromatic carbocycles. The summed E-state index contributed by atoms with van der Waals surface area (Å²) in [5, 5.41) is 0.219. The maximum Gasteiger partial charge on any atom is 0.290 e. The fourth-order valence-corrected chi connectivity index (χ4v) is 2.63. The molecule has 1 aliphatic rings. The Labute approximate surface area is 121 Å².